The van der Waals surface area contributed by atoms with Crippen molar-refractivity contribution in [3.8, 4) is 11.3 Å². The van der Waals surface area contributed by atoms with Gasteiger partial charge >= 0.3 is 11.9 Å². The molecule has 0 saturated carbocycles. The summed E-state index contributed by atoms with van der Waals surface area (Å²) in [5, 5.41) is -0.0865. The zero-order chi connectivity index (χ0) is 18.5. The van der Waals surface area contributed by atoms with Gasteiger partial charge in [-0.3, -0.25) is 9.55 Å². The standard InChI is InChI=1S/C17H15ClF3N3O/c1-8(2)13-10(4-5-12-15(13)24(3)16(25)23-12)14-11(18)6-9(7-22-14)17(19,20)21/h4-8H,1-3H3,(H,23,25). The zero-order valence-electron chi connectivity index (χ0n) is 13.7. The van der Waals surface area contributed by atoms with E-state index in [0.717, 1.165) is 17.8 Å². The number of nitrogens with zero attached hydrogens (tertiary/aromatic N) is 2. The van der Waals surface area contributed by atoms with Crippen molar-refractivity contribution in [2.75, 3.05) is 0 Å². The molecule has 0 unspecified atom stereocenters. The van der Waals surface area contributed by atoms with Crippen LogP contribution in [0.2, 0.25) is 5.02 Å². The maximum absolute atomic E-state index is 12.8. The average molecular weight is 370 g/mol. The Hall–Kier alpha value is -2.28. The molecule has 3 rings (SSSR count). The molecule has 0 atom stereocenters. The minimum atomic E-state index is -4.51. The first-order chi connectivity index (χ1) is 11.6. The first-order valence-electron chi connectivity index (χ1n) is 7.56. The van der Waals surface area contributed by atoms with Crippen molar-refractivity contribution < 1.29 is 13.2 Å². The van der Waals surface area contributed by atoms with Crippen LogP contribution in [0.5, 0.6) is 0 Å². The first-order valence-corrected chi connectivity index (χ1v) is 7.93. The Bertz CT molecular complexity index is 1020. The molecule has 0 aliphatic carbocycles. The van der Waals surface area contributed by atoms with Gasteiger partial charge in [-0.05, 0) is 23.6 Å². The molecule has 0 aliphatic heterocycles. The van der Waals surface area contributed by atoms with Gasteiger partial charge in [-0.15, -0.1) is 0 Å². The molecule has 132 valence electrons. The normalized spacial score (nSPS) is 12.3. The zero-order valence-corrected chi connectivity index (χ0v) is 14.5. The van der Waals surface area contributed by atoms with Crippen molar-refractivity contribution >= 4 is 22.6 Å². The number of imidazole rings is 1. The van der Waals surface area contributed by atoms with E-state index in [1.54, 1.807) is 19.2 Å². The molecule has 1 aromatic carbocycles. The number of nitrogens with one attached hydrogen (secondary N) is 1. The number of pyridine rings is 1. The second-order valence-electron chi connectivity index (χ2n) is 6.12. The Morgan fingerprint density at radius 3 is 2.52 bits per heavy atom. The molecule has 8 heteroatoms. The van der Waals surface area contributed by atoms with Crippen LogP contribution < -0.4 is 5.69 Å². The number of aromatic nitrogens is 3. The molecule has 25 heavy (non-hydrogen) atoms. The van der Waals surface area contributed by atoms with Crippen molar-refractivity contribution in [2.45, 2.75) is 25.9 Å². The van der Waals surface area contributed by atoms with E-state index in [1.807, 2.05) is 13.8 Å². The molecule has 0 aliphatic rings. The summed E-state index contributed by atoms with van der Waals surface area (Å²) in [5.41, 5.74) is 1.85. The van der Waals surface area contributed by atoms with Gasteiger partial charge in [0, 0.05) is 18.8 Å². The Balaban J connectivity index is 2.31. The molecule has 0 spiro atoms. The van der Waals surface area contributed by atoms with Gasteiger partial charge in [0.15, 0.2) is 0 Å². The van der Waals surface area contributed by atoms with Gasteiger partial charge in [0.1, 0.15) is 0 Å². The molecule has 3 aromatic rings. The Kier molecular flexibility index (Phi) is 4.15. The summed E-state index contributed by atoms with van der Waals surface area (Å²) in [7, 11) is 1.64. The van der Waals surface area contributed by atoms with Crippen LogP contribution in [-0.4, -0.2) is 14.5 Å². The third kappa shape index (κ3) is 2.93. The molecule has 2 heterocycles. The van der Waals surface area contributed by atoms with Gasteiger partial charge in [-0.25, -0.2) is 4.79 Å². The summed E-state index contributed by atoms with van der Waals surface area (Å²) < 4.78 is 40.0. The van der Waals surface area contributed by atoms with E-state index in [4.69, 9.17) is 11.6 Å². The third-order valence-corrected chi connectivity index (χ3v) is 4.39. The van der Waals surface area contributed by atoms with Crippen LogP contribution in [0.25, 0.3) is 22.3 Å². The van der Waals surface area contributed by atoms with Gasteiger partial charge in [0.2, 0.25) is 0 Å². The monoisotopic (exact) mass is 369 g/mol. The van der Waals surface area contributed by atoms with Crippen LogP contribution in [-0.2, 0) is 13.2 Å². The van der Waals surface area contributed by atoms with Crippen LogP contribution in [0, 0.1) is 0 Å². The van der Waals surface area contributed by atoms with Crippen molar-refractivity contribution in [3.05, 3.63) is 51.0 Å². The van der Waals surface area contributed by atoms with Crippen LogP contribution >= 0.6 is 11.6 Å². The van der Waals surface area contributed by atoms with E-state index in [2.05, 4.69) is 9.97 Å². The van der Waals surface area contributed by atoms with E-state index in [1.165, 1.54) is 4.57 Å². The summed E-state index contributed by atoms with van der Waals surface area (Å²) in [4.78, 5) is 18.6. The number of rotatable bonds is 2. The minimum absolute atomic E-state index is 0.000240. The van der Waals surface area contributed by atoms with Crippen molar-refractivity contribution in [3.63, 3.8) is 0 Å². The van der Waals surface area contributed by atoms with E-state index in [9.17, 15) is 18.0 Å². The largest absolute Gasteiger partial charge is 0.417 e. The summed E-state index contributed by atoms with van der Waals surface area (Å²) in [6.45, 7) is 3.88. The highest BCUT2D eigenvalue weighted by atomic mass is 35.5. The first kappa shape index (κ1) is 17.5. The maximum atomic E-state index is 12.8. The van der Waals surface area contributed by atoms with Crippen molar-refractivity contribution in [1.29, 1.82) is 0 Å². The highest BCUT2D eigenvalue weighted by Crippen LogP contribution is 2.38. The second kappa shape index (κ2) is 5.91. The second-order valence-corrected chi connectivity index (χ2v) is 6.53. The predicted molar refractivity (Wildman–Crippen MR) is 90.9 cm³/mol. The Labute approximate surface area is 146 Å². The fourth-order valence-corrected chi connectivity index (χ4v) is 3.22. The molecule has 0 radical (unpaired) electrons. The Morgan fingerprint density at radius 2 is 1.96 bits per heavy atom. The lowest BCUT2D eigenvalue weighted by Gasteiger charge is -2.16. The van der Waals surface area contributed by atoms with Crippen LogP contribution in [0.1, 0.15) is 30.9 Å². The molecular formula is C17H15ClF3N3O. The summed E-state index contributed by atoms with van der Waals surface area (Å²) in [5.74, 6) is 0.000240. The number of hydrogen-bond donors (Lipinski definition) is 1. The molecule has 4 nitrogen and oxygen atoms in total. The number of alkyl halides is 3. The van der Waals surface area contributed by atoms with E-state index < -0.39 is 11.7 Å². The SMILES string of the molecule is CC(C)c1c(-c2ncc(C(F)(F)F)cc2Cl)ccc2[nH]c(=O)n(C)c12. The van der Waals surface area contributed by atoms with Crippen LogP contribution in [0.15, 0.2) is 29.2 Å². The molecule has 0 bridgehead atoms. The maximum Gasteiger partial charge on any atom is 0.417 e. The lowest BCUT2D eigenvalue weighted by Crippen LogP contribution is -2.13. The van der Waals surface area contributed by atoms with E-state index in [0.29, 0.717) is 16.6 Å². The van der Waals surface area contributed by atoms with Gasteiger partial charge < -0.3 is 4.98 Å². The van der Waals surface area contributed by atoms with Crippen LogP contribution in [0.3, 0.4) is 0 Å². The average Bonchev–Trinajstić information content (AvgIpc) is 2.80. The third-order valence-electron chi connectivity index (χ3n) is 4.10. The van der Waals surface area contributed by atoms with Gasteiger partial charge in [-0.2, -0.15) is 13.2 Å². The number of H-pyrrole nitrogens is 1. The number of benzene rings is 1. The van der Waals surface area contributed by atoms with Gasteiger partial charge in [0.05, 0.1) is 27.3 Å². The summed E-state index contributed by atoms with van der Waals surface area (Å²) in [6, 6.07) is 4.29. The minimum Gasteiger partial charge on any atom is -0.306 e. The molecule has 0 fully saturated rings. The lowest BCUT2D eigenvalue weighted by molar-refractivity contribution is -0.137. The van der Waals surface area contributed by atoms with E-state index >= 15 is 0 Å². The lowest BCUT2D eigenvalue weighted by atomic mass is 9.93. The summed E-state index contributed by atoms with van der Waals surface area (Å²) >= 11 is 6.10. The number of halogens is 4. The molecule has 0 saturated heterocycles. The number of aryl methyl sites for hydroxylation is 1. The topological polar surface area (TPSA) is 50.7 Å². The Morgan fingerprint density at radius 1 is 1.28 bits per heavy atom. The molecule has 0 amide bonds. The smallest absolute Gasteiger partial charge is 0.306 e. The molecule has 2 aromatic heterocycles. The molecular weight excluding hydrogens is 355 g/mol. The summed E-state index contributed by atoms with van der Waals surface area (Å²) in [6.07, 6.45) is -3.74. The van der Waals surface area contributed by atoms with Crippen LogP contribution in [0.4, 0.5) is 13.2 Å². The van der Waals surface area contributed by atoms with Crippen molar-refractivity contribution in [1.82, 2.24) is 14.5 Å². The van der Waals surface area contributed by atoms with Gasteiger partial charge in [-0.1, -0.05) is 31.5 Å². The fraction of sp³-hybridized carbons (Fsp3) is 0.294. The molecule has 1 N–H and O–H groups in total. The predicted octanol–water partition coefficient (Wildman–Crippen LogP) is 4.72. The van der Waals surface area contributed by atoms with Gasteiger partial charge in [0.25, 0.3) is 0 Å². The number of fused-ring (bicyclic) bond motifs is 1. The number of hydrogen-bond acceptors (Lipinski definition) is 2. The highest BCUT2D eigenvalue weighted by Gasteiger charge is 2.32. The fourth-order valence-electron chi connectivity index (χ4n) is 2.95. The quantitative estimate of drug-likeness (QED) is 0.710. The van der Waals surface area contributed by atoms with Crippen molar-refractivity contribution in [2.24, 2.45) is 7.05 Å². The van der Waals surface area contributed by atoms with E-state index in [-0.39, 0.29) is 22.3 Å². The highest BCUT2D eigenvalue weighted by molar-refractivity contribution is 6.33. The number of aromatic amines is 1.